The Labute approximate surface area is 219 Å². The summed E-state index contributed by atoms with van der Waals surface area (Å²) in [7, 11) is 0. The first-order valence-electron chi connectivity index (χ1n) is 11.7. The Bertz CT molecular complexity index is 1630. The number of nitrogens with two attached hydrogens (primary N) is 1. The van der Waals surface area contributed by atoms with Crippen LogP contribution in [0.2, 0.25) is 0 Å². The third-order valence-electron chi connectivity index (χ3n) is 6.29. The van der Waals surface area contributed by atoms with Crippen LogP contribution < -0.4 is 21.1 Å². The van der Waals surface area contributed by atoms with Crippen LogP contribution >= 0.6 is 0 Å². The van der Waals surface area contributed by atoms with Crippen molar-refractivity contribution in [2.24, 2.45) is 5.73 Å². The summed E-state index contributed by atoms with van der Waals surface area (Å²) in [6.45, 7) is 0.192. The molecule has 5 rings (SSSR count). The normalized spacial score (nSPS) is 12.6. The van der Waals surface area contributed by atoms with Gasteiger partial charge in [-0.1, -0.05) is 5.92 Å². The largest absolute Gasteiger partial charge is 0.493 e. The Morgan fingerprint density at radius 3 is 2.74 bits per heavy atom. The molecule has 3 aromatic heterocycles. The molecule has 0 radical (unpaired) electrons. The maximum Gasteiger partial charge on any atom is 0.433 e. The molecule has 4 aromatic rings. The molecule has 4 heterocycles. The highest BCUT2D eigenvalue weighted by Gasteiger charge is 2.33. The minimum Gasteiger partial charge on any atom is -0.493 e. The molecule has 1 aliphatic heterocycles. The van der Waals surface area contributed by atoms with Gasteiger partial charge in [-0.3, -0.25) is 14.2 Å². The lowest BCUT2D eigenvalue weighted by molar-refractivity contribution is -0.141. The fourth-order valence-corrected chi connectivity index (χ4v) is 4.46. The van der Waals surface area contributed by atoms with Crippen molar-refractivity contribution >= 4 is 17.4 Å². The fourth-order valence-electron chi connectivity index (χ4n) is 4.46. The van der Waals surface area contributed by atoms with Crippen LogP contribution in [-0.4, -0.2) is 38.4 Å². The van der Waals surface area contributed by atoms with Crippen molar-refractivity contribution < 1.29 is 27.1 Å². The highest BCUT2D eigenvalue weighted by atomic mass is 19.4. The maximum atomic E-state index is 14.7. The third-order valence-corrected chi connectivity index (χ3v) is 6.29. The zero-order valence-electron chi connectivity index (χ0n) is 20.3. The summed E-state index contributed by atoms with van der Waals surface area (Å²) in [5, 5.41) is 5.60. The predicted octanol–water partition coefficient (Wildman–Crippen LogP) is 3.32. The van der Waals surface area contributed by atoms with Crippen LogP contribution in [0.3, 0.4) is 0 Å². The van der Waals surface area contributed by atoms with Crippen LogP contribution in [0.15, 0.2) is 36.9 Å². The molecule has 0 bridgehead atoms. The minimum absolute atomic E-state index is 0.0475. The molecule has 0 saturated carbocycles. The molecule has 9 nitrogen and oxygen atoms in total. The molecule has 0 spiro atoms. The predicted molar refractivity (Wildman–Crippen MR) is 133 cm³/mol. The smallest absolute Gasteiger partial charge is 0.433 e. The quantitative estimate of drug-likeness (QED) is 0.244. The second kappa shape index (κ2) is 10.2. The molecule has 1 aromatic carbocycles. The van der Waals surface area contributed by atoms with E-state index in [1.807, 2.05) is 0 Å². The lowest BCUT2D eigenvalue weighted by Gasteiger charge is -2.16. The Hall–Kier alpha value is -4.70. The van der Waals surface area contributed by atoms with Crippen LogP contribution in [-0.2, 0) is 25.7 Å². The number of benzene rings is 1. The van der Waals surface area contributed by atoms with Gasteiger partial charge in [-0.25, -0.2) is 14.4 Å². The highest BCUT2D eigenvalue weighted by Crippen LogP contribution is 2.35. The number of imidazole rings is 1. The van der Waals surface area contributed by atoms with E-state index in [4.69, 9.17) is 16.9 Å². The number of carbonyl (C=O) groups is 1. The molecule has 0 fully saturated rings. The lowest BCUT2D eigenvalue weighted by Crippen LogP contribution is -2.24. The molecule has 39 heavy (non-hydrogen) atoms. The van der Waals surface area contributed by atoms with E-state index in [-0.39, 0.29) is 53.5 Å². The van der Waals surface area contributed by atoms with Gasteiger partial charge in [0.2, 0.25) is 5.95 Å². The number of hydrogen-bond donors (Lipinski definition) is 3. The second-order valence-electron chi connectivity index (χ2n) is 8.58. The van der Waals surface area contributed by atoms with Gasteiger partial charge in [0.25, 0.3) is 5.91 Å². The first kappa shape index (κ1) is 25.9. The molecule has 1 aliphatic rings. The van der Waals surface area contributed by atoms with E-state index in [0.717, 1.165) is 17.8 Å². The number of alkyl halides is 3. The summed E-state index contributed by atoms with van der Waals surface area (Å²) >= 11 is 0. The van der Waals surface area contributed by atoms with Gasteiger partial charge in [-0.2, -0.15) is 13.2 Å². The number of rotatable bonds is 7. The first-order valence-corrected chi connectivity index (χ1v) is 11.7. The fraction of sp³-hybridized carbons (Fsp3) is 0.231. The van der Waals surface area contributed by atoms with Crippen molar-refractivity contribution in [3.05, 3.63) is 70.8 Å². The van der Waals surface area contributed by atoms with Gasteiger partial charge in [0, 0.05) is 54.2 Å². The Balaban J connectivity index is 1.61. The van der Waals surface area contributed by atoms with E-state index >= 15 is 0 Å². The number of terminal acetylenes is 1. The Kier molecular flexibility index (Phi) is 6.80. The number of carbonyl (C=O) groups excluding carboxylic acids is 1. The molecular formula is C26H21F4N7O2. The van der Waals surface area contributed by atoms with E-state index < -0.39 is 23.6 Å². The number of anilines is 1. The third kappa shape index (κ3) is 4.82. The number of pyridine rings is 1. The van der Waals surface area contributed by atoms with Gasteiger partial charge in [0.05, 0.1) is 18.7 Å². The zero-order valence-corrected chi connectivity index (χ0v) is 20.3. The molecule has 13 heteroatoms. The molecule has 0 saturated heterocycles. The van der Waals surface area contributed by atoms with Crippen LogP contribution in [0.25, 0.3) is 16.6 Å². The zero-order chi connectivity index (χ0) is 27.7. The molecule has 200 valence electrons. The summed E-state index contributed by atoms with van der Waals surface area (Å²) in [4.78, 5) is 25.1. The van der Waals surface area contributed by atoms with Gasteiger partial charge in [-0.05, 0) is 23.8 Å². The second-order valence-corrected chi connectivity index (χ2v) is 8.58. The Morgan fingerprint density at radius 2 is 2.00 bits per heavy atom. The van der Waals surface area contributed by atoms with Crippen molar-refractivity contribution in [3.8, 4) is 29.2 Å². The first-order chi connectivity index (χ1) is 18.7. The van der Waals surface area contributed by atoms with Gasteiger partial charge >= 0.3 is 6.18 Å². The van der Waals surface area contributed by atoms with Gasteiger partial charge in [0.1, 0.15) is 23.6 Å². The van der Waals surface area contributed by atoms with Crippen molar-refractivity contribution in [1.29, 1.82) is 0 Å². The summed E-state index contributed by atoms with van der Waals surface area (Å²) in [5.41, 5.74) is 6.67. The van der Waals surface area contributed by atoms with E-state index in [1.54, 1.807) is 6.07 Å². The van der Waals surface area contributed by atoms with Crippen molar-refractivity contribution in [2.75, 3.05) is 18.5 Å². The van der Waals surface area contributed by atoms with E-state index in [1.165, 1.54) is 23.0 Å². The molecule has 0 unspecified atom stereocenters. The van der Waals surface area contributed by atoms with Gasteiger partial charge < -0.3 is 21.1 Å². The summed E-state index contributed by atoms with van der Waals surface area (Å²) in [6.07, 6.45) is 4.88. The number of ether oxygens (including phenoxy) is 1. The molecule has 4 N–H and O–H groups in total. The lowest BCUT2D eigenvalue weighted by atomic mass is 10.0. The van der Waals surface area contributed by atoms with Crippen LogP contribution in [0.4, 0.5) is 23.5 Å². The molecule has 1 amide bonds. The minimum atomic E-state index is -4.67. The number of nitrogens with zero attached hydrogens (tertiary/aromatic N) is 4. The summed E-state index contributed by atoms with van der Waals surface area (Å²) in [5.74, 6) is 2.10. The molecule has 0 aliphatic carbocycles. The molecule has 0 atom stereocenters. The van der Waals surface area contributed by atoms with Crippen LogP contribution in [0, 0.1) is 18.2 Å². The van der Waals surface area contributed by atoms with Crippen LogP contribution in [0.5, 0.6) is 5.75 Å². The summed E-state index contributed by atoms with van der Waals surface area (Å²) < 4.78 is 61.5. The number of fused-ring (bicyclic) bond motifs is 2. The monoisotopic (exact) mass is 539 g/mol. The SMILES string of the molecule is C#CCNC(=O)c1ncn2c(NCc3c(F)ccc4c3CCO4)ncc(-c3cnc(C(F)(F)F)cc3CN)c12. The number of hydrogen-bond acceptors (Lipinski definition) is 7. The summed E-state index contributed by atoms with van der Waals surface area (Å²) in [6, 6.07) is 3.76. The van der Waals surface area contributed by atoms with Crippen molar-refractivity contribution in [2.45, 2.75) is 25.7 Å². The van der Waals surface area contributed by atoms with Crippen molar-refractivity contribution in [1.82, 2.24) is 24.7 Å². The van der Waals surface area contributed by atoms with Crippen molar-refractivity contribution in [3.63, 3.8) is 0 Å². The number of aromatic nitrogens is 4. The van der Waals surface area contributed by atoms with Gasteiger partial charge in [0.15, 0.2) is 5.69 Å². The average molecular weight is 539 g/mol. The Morgan fingerprint density at radius 1 is 1.21 bits per heavy atom. The number of nitrogens with one attached hydrogen (secondary N) is 2. The standard InChI is InChI=1S/C26H21F4N7O2/c1-2-6-32-24(38)22-23-18(16-10-33-21(26(28,29)30)8-14(16)9-31)12-35-25(37(23)13-36-22)34-11-17-15-5-7-39-20(15)4-3-19(17)27/h1,3-4,8,10,12-13H,5-7,9,11,31H2,(H,32,38)(H,34,35). The average Bonchev–Trinajstić information content (AvgIpc) is 3.58. The number of halogens is 4. The number of amides is 1. The van der Waals surface area contributed by atoms with Gasteiger partial charge in [-0.15, -0.1) is 6.42 Å². The van der Waals surface area contributed by atoms with E-state index in [0.29, 0.717) is 24.3 Å². The topological polar surface area (TPSA) is 119 Å². The van der Waals surface area contributed by atoms with E-state index in [9.17, 15) is 22.4 Å². The maximum absolute atomic E-state index is 14.7. The molecular weight excluding hydrogens is 518 g/mol. The van der Waals surface area contributed by atoms with E-state index in [2.05, 4.69) is 31.5 Å². The highest BCUT2D eigenvalue weighted by molar-refractivity contribution is 6.03. The van der Waals surface area contributed by atoms with Crippen LogP contribution in [0.1, 0.15) is 32.9 Å².